The Morgan fingerprint density at radius 1 is 1.04 bits per heavy atom. The molecule has 7 heteroatoms. The van der Waals surface area contributed by atoms with Crippen molar-refractivity contribution in [1.82, 2.24) is 19.6 Å². The van der Waals surface area contributed by atoms with E-state index in [2.05, 4.69) is 73.6 Å². The maximum atomic E-state index is 5.96. The molecule has 0 saturated carbocycles. The smallest absolute Gasteiger partial charge is 0.277 e. The average molecular weight is 451 g/mol. The SMILES string of the molecule is Cc1nc2ccc(Br)cn2c1-c1nnc(SCc2cccc3ccccc23)o1. The normalized spacial score (nSPS) is 11.5. The minimum absolute atomic E-state index is 0.475. The number of hydrogen-bond donors (Lipinski definition) is 0. The van der Waals surface area contributed by atoms with E-state index in [0.29, 0.717) is 11.1 Å². The summed E-state index contributed by atoms with van der Waals surface area (Å²) < 4.78 is 8.88. The van der Waals surface area contributed by atoms with Gasteiger partial charge in [-0.2, -0.15) is 0 Å². The van der Waals surface area contributed by atoms with Crippen LogP contribution in [-0.2, 0) is 5.75 Å². The molecule has 0 aliphatic rings. The lowest BCUT2D eigenvalue weighted by molar-refractivity contribution is 0.464. The molecule has 0 spiro atoms. The van der Waals surface area contributed by atoms with Crippen LogP contribution in [0.4, 0.5) is 0 Å². The summed E-state index contributed by atoms with van der Waals surface area (Å²) in [6.45, 7) is 1.95. The Labute approximate surface area is 173 Å². The largest absolute Gasteiger partial charge is 0.410 e. The minimum Gasteiger partial charge on any atom is -0.410 e. The lowest BCUT2D eigenvalue weighted by atomic mass is 10.1. The standard InChI is InChI=1S/C21H15BrN4OS/c1-13-19(26-11-16(22)9-10-18(26)23-13)20-24-25-21(27-20)28-12-15-7-4-6-14-5-2-3-8-17(14)15/h2-11H,12H2,1H3. The number of benzene rings is 2. The molecule has 0 atom stereocenters. The van der Waals surface area contributed by atoms with Gasteiger partial charge in [0.15, 0.2) is 0 Å². The number of aromatic nitrogens is 4. The molecule has 3 aromatic heterocycles. The van der Waals surface area contributed by atoms with E-state index in [9.17, 15) is 0 Å². The number of aryl methyl sites for hydroxylation is 1. The van der Waals surface area contributed by atoms with Gasteiger partial charge in [0.2, 0.25) is 0 Å². The van der Waals surface area contributed by atoms with Crippen LogP contribution in [0.25, 0.3) is 28.0 Å². The highest BCUT2D eigenvalue weighted by Crippen LogP contribution is 2.30. The summed E-state index contributed by atoms with van der Waals surface area (Å²) in [5.74, 6) is 1.24. The molecule has 0 fully saturated rings. The Morgan fingerprint density at radius 3 is 2.82 bits per heavy atom. The maximum absolute atomic E-state index is 5.96. The Bertz CT molecular complexity index is 1310. The van der Waals surface area contributed by atoms with Gasteiger partial charge in [0.25, 0.3) is 11.1 Å². The van der Waals surface area contributed by atoms with E-state index in [0.717, 1.165) is 27.3 Å². The van der Waals surface area contributed by atoms with E-state index in [-0.39, 0.29) is 0 Å². The molecule has 5 aromatic rings. The van der Waals surface area contributed by atoms with Crippen molar-refractivity contribution in [3.05, 3.63) is 76.5 Å². The van der Waals surface area contributed by atoms with Gasteiger partial charge >= 0.3 is 0 Å². The first kappa shape index (κ1) is 17.5. The number of hydrogen-bond acceptors (Lipinski definition) is 5. The van der Waals surface area contributed by atoms with E-state index in [1.54, 1.807) is 11.8 Å². The molecule has 138 valence electrons. The average Bonchev–Trinajstić information content (AvgIpc) is 3.29. The van der Waals surface area contributed by atoms with Crippen molar-refractivity contribution in [3.63, 3.8) is 0 Å². The highest BCUT2D eigenvalue weighted by Gasteiger charge is 2.18. The summed E-state index contributed by atoms with van der Waals surface area (Å²) >= 11 is 5.05. The molecule has 5 rings (SSSR count). The number of fused-ring (bicyclic) bond motifs is 2. The molecule has 0 N–H and O–H groups in total. The van der Waals surface area contributed by atoms with Crippen LogP contribution in [-0.4, -0.2) is 19.6 Å². The van der Waals surface area contributed by atoms with Crippen LogP contribution in [0.1, 0.15) is 11.3 Å². The molecule has 0 amide bonds. The predicted molar refractivity (Wildman–Crippen MR) is 114 cm³/mol. The highest BCUT2D eigenvalue weighted by atomic mass is 79.9. The Kier molecular flexibility index (Phi) is 4.41. The minimum atomic E-state index is 0.475. The monoisotopic (exact) mass is 450 g/mol. The van der Waals surface area contributed by atoms with Crippen molar-refractivity contribution in [3.8, 4) is 11.6 Å². The van der Waals surface area contributed by atoms with E-state index in [4.69, 9.17) is 4.42 Å². The number of rotatable bonds is 4. The van der Waals surface area contributed by atoms with Crippen LogP contribution < -0.4 is 0 Å². The second-order valence-electron chi connectivity index (χ2n) is 6.42. The van der Waals surface area contributed by atoms with E-state index in [1.807, 2.05) is 29.7 Å². The molecular formula is C21H15BrN4OS. The fraction of sp³-hybridized carbons (Fsp3) is 0.0952. The van der Waals surface area contributed by atoms with E-state index in [1.165, 1.54) is 16.3 Å². The molecule has 0 saturated heterocycles. The molecule has 0 aliphatic heterocycles. The van der Waals surface area contributed by atoms with Crippen molar-refractivity contribution >= 4 is 44.1 Å². The van der Waals surface area contributed by atoms with Gasteiger partial charge in [-0.3, -0.25) is 4.40 Å². The van der Waals surface area contributed by atoms with Crippen LogP contribution >= 0.6 is 27.7 Å². The summed E-state index contributed by atoms with van der Waals surface area (Å²) in [5, 5.41) is 11.5. The second kappa shape index (κ2) is 7.07. The van der Waals surface area contributed by atoms with Gasteiger partial charge in [-0.05, 0) is 51.3 Å². The van der Waals surface area contributed by atoms with Gasteiger partial charge in [0, 0.05) is 16.4 Å². The zero-order valence-electron chi connectivity index (χ0n) is 15.0. The molecule has 0 aliphatic carbocycles. The third kappa shape index (κ3) is 3.10. The third-order valence-corrected chi connectivity index (χ3v) is 5.93. The Hall–Kier alpha value is -2.64. The molecule has 0 unspecified atom stereocenters. The van der Waals surface area contributed by atoms with E-state index < -0.39 is 0 Å². The van der Waals surface area contributed by atoms with Gasteiger partial charge in [-0.25, -0.2) is 4.98 Å². The molecule has 3 heterocycles. The van der Waals surface area contributed by atoms with Gasteiger partial charge in [0.1, 0.15) is 11.3 Å². The molecule has 0 radical (unpaired) electrons. The van der Waals surface area contributed by atoms with Crippen LogP contribution in [0.15, 0.2) is 74.9 Å². The molecule has 2 aromatic carbocycles. The van der Waals surface area contributed by atoms with Gasteiger partial charge in [-0.15, -0.1) is 10.2 Å². The second-order valence-corrected chi connectivity index (χ2v) is 8.26. The fourth-order valence-corrected chi connectivity index (χ4v) is 4.42. The first-order chi connectivity index (χ1) is 13.7. The van der Waals surface area contributed by atoms with Crippen molar-refractivity contribution in [2.24, 2.45) is 0 Å². The summed E-state index contributed by atoms with van der Waals surface area (Å²) in [5.41, 5.74) is 3.77. The third-order valence-electron chi connectivity index (χ3n) is 4.60. The van der Waals surface area contributed by atoms with Crippen LogP contribution in [0, 0.1) is 6.92 Å². The van der Waals surface area contributed by atoms with Gasteiger partial charge < -0.3 is 4.42 Å². The lowest BCUT2D eigenvalue weighted by Gasteiger charge is -2.04. The highest BCUT2D eigenvalue weighted by molar-refractivity contribution is 9.10. The van der Waals surface area contributed by atoms with Gasteiger partial charge in [-0.1, -0.05) is 54.2 Å². The zero-order chi connectivity index (χ0) is 19.1. The maximum Gasteiger partial charge on any atom is 0.277 e. The number of imidazole rings is 1. The van der Waals surface area contributed by atoms with Gasteiger partial charge in [0.05, 0.1) is 5.69 Å². The molecular weight excluding hydrogens is 436 g/mol. The Morgan fingerprint density at radius 2 is 1.89 bits per heavy atom. The molecule has 0 bridgehead atoms. The Balaban J connectivity index is 1.44. The fourth-order valence-electron chi connectivity index (χ4n) is 3.32. The number of halogens is 1. The van der Waals surface area contributed by atoms with Crippen LogP contribution in [0.3, 0.4) is 0 Å². The predicted octanol–water partition coefficient (Wildman–Crippen LogP) is 5.90. The van der Waals surface area contributed by atoms with Crippen molar-refractivity contribution in [1.29, 1.82) is 0 Å². The van der Waals surface area contributed by atoms with E-state index >= 15 is 0 Å². The molecule has 28 heavy (non-hydrogen) atoms. The van der Waals surface area contributed by atoms with Crippen LogP contribution in [0.5, 0.6) is 0 Å². The van der Waals surface area contributed by atoms with Crippen molar-refractivity contribution in [2.75, 3.05) is 0 Å². The topological polar surface area (TPSA) is 56.2 Å². The number of nitrogens with zero attached hydrogens (tertiary/aromatic N) is 4. The van der Waals surface area contributed by atoms with Crippen molar-refractivity contribution < 1.29 is 4.42 Å². The summed E-state index contributed by atoms with van der Waals surface area (Å²) in [6.07, 6.45) is 1.96. The number of thioether (sulfide) groups is 1. The first-order valence-electron chi connectivity index (χ1n) is 8.76. The molecule has 5 nitrogen and oxygen atoms in total. The summed E-state index contributed by atoms with van der Waals surface area (Å²) in [4.78, 5) is 4.58. The first-order valence-corrected chi connectivity index (χ1v) is 10.5. The summed E-state index contributed by atoms with van der Waals surface area (Å²) in [7, 11) is 0. The zero-order valence-corrected chi connectivity index (χ0v) is 17.4. The quantitative estimate of drug-likeness (QED) is 0.319. The van der Waals surface area contributed by atoms with Crippen molar-refractivity contribution in [2.45, 2.75) is 17.9 Å². The lowest BCUT2D eigenvalue weighted by Crippen LogP contribution is -1.89. The van der Waals surface area contributed by atoms with Crippen LogP contribution in [0.2, 0.25) is 0 Å². The number of pyridine rings is 1. The summed E-state index contributed by atoms with van der Waals surface area (Å²) in [6, 6.07) is 18.6.